The Kier molecular flexibility index (Phi) is 8.05. The third-order valence-electron chi connectivity index (χ3n) is 11.9. The molecular weight excluding hydrogens is 735 g/mol. The molecule has 0 fully saturated rings. The summed E-state index contributed by atoms with van der Waals surface area (Å²) in [7, 11) is 0. The molecular formula is C55H39N3O2. The standard InChI is InChI=1S/C55H39N3O2/c1-33-15-17-35(3)50(23-33)57(41-11-7-5-8-12-41)43-21-19-37-27-45-47-31-48-46-28-38-20-22-44(58(42-13-9-6-10-14-42)51-24-34(2)16-18-36(51)4)26-40(38)30-53(46)60-55(48)49(32-56)54(47)59-52(45)29-39(37)25-43/h5-31H,1-4H3. The first-order valence-electron chi connectivity index (χ1n) is 20.3. The van der Waals surface area contributed by atoms with Crippen molar-refractivity contribution in [3.05, 3.63) is 192 Å². The number of hydrogen-bond acceptors (Lipinski definition) is 5. The van der Waals surface area contributed by atoms with Crippen LogP contribution in [0.15, 0.2) is 173 Å². The van der Waals surface area contributed by atoms with Crippen LogP contribution in [0.4, 0.5) is 34.1 Å². The summed E-state index contributed by atoms with van der Waals surface area (Å²) in [6.07, 6.45) is 0. The Morgan fingerprint density at radius 2 is 0.850 bits per heavy atom. The molecule has 0 saturated carbocycles. The van der Waals surface area contributed by atoms with Gasteiger partial charge in [0.15, 0.2) is 11.2 Å². The predicted octanol–water partition coefficient (Wildman–Crippen LogP) is 15.8. The second kappa shape index (κ2) is 13.7. The number of nitrogens with zero attached hydrogens (tertiary/aromatic N) is 3. The van der Waals surface area contributed by atoms with Crippen LogP contribution in [0.25, 0.3) is 65.4 Å². The minimum atomic E-state index is 0.403. The van der Waals surface area contributed by atoms with Crippen molar-refractivity contribution < 1.29 is 8.83 Å². The van der Waals surface area contributed by atoms with Crippen molar-refractivity contribution >= 4 is 99.5 Å². The molecule has 0 aliphatic rings. The lowest BCUT2D eigenvalue weighted by molar-refractivity contribution is 0.654. The number of furan rings is 2. The van der Waals surface area contributed by atoms with Gasteiger partial charge < -0.3 is 18.6 Å². The molecule has 0 saturated heterocycles. The minimum absolute atomic E-state index is 0.403. The molecule has 286 valence electrons. The molecule has 0 bridgehead atoms. The molecule has 0 aliphatic heterocycles. The van der Waals surface area contributed by atoms with Crippen LogP contribution in [0.1, 0.15) is 27.8 Å². The highest BCUT2D eigenvalue weighted by molar-refractivity contribution is 6.20. The minimum Gasteiger partial charge on any atom is -0.454 e. The number of para-hydroxylation sites is 2. The molecule has 11 aromatic rings. The van der Waals surface area contributed by atoms with Gasteiger partial charge in [-0.3, -0.25) is 0 Å². The Bertz CT molecular complexity index is 3330. The van der Waals surface area contributed by atoms with Crippen LogP contribution < -0.4 is 9.80 Å². The maximum Gasteiger partial charge on any atom is 0.157 e. The molecule has 0 amide bonds. The van der Waals surface area contributed by atoms with Crippen LogP contribution >= 0.6 is 0 Å². The molecule has 2 heterocycles. The van der Waals surface area contributed by atoms with Gasteiger partial charge in [0.05, 0.1) is 0 Å². The van der Waals surface area contributed by atoms with E-state index in [0.29, 0.717) is 16.7 Å². The van der Waals surface area contributed by atoms with Crippen LogP contribution in [0.3, 0.4) is 0 Å². The van der Waals surface area contributed by atoms with Crippen LogP contribution in [0.2, 0.25) is 0 Å². The quantitative estimate of drug-likeness (QED) is 0.168. The van der Waals surface area contributed by atoms with Crippen molar-refractivity contribution in [2.45, 2.75) is 27.7 Å². The zero-order valence-corrected chi connectivity index (χ0v) is 33.7. The summed E-state index contributed by atoms with van der Waals surface area (Å²) in [5.74, 6) is 0. The van der Waals surface area contributed by atoms with Crippen molar-refractivity contribution in [2.24, 2.45) is 0 Å². The molecule has 5 nitrogen and oxygen atoms in total. The summed E-state index contributed by atoms with van der Waals surface area (Å²) >= 11 is 0. The Balaban J connectivity index is 1.05. The van der Waals surface area contributed by atoms with Gasteiger partial charge in [0.25, 0.3) is 0 Å². The van der Waals surface area contributed by atoms with Gasteiger partial charge in [-0.25, -0.2) is 0 Å². The summed E-state index contributed by atoms with van der Waals surface area (Å²) in [5, 5.41) is 18.7. The van der Waals surface area contributed by atoms with Gasteiger partial charge in [-0.05, 0) is 162 Å². The molecule has 5 heteroatoms. The highest BCUT2D eigenvalue weighted by Crippen LogP contribution is 2.44. The average Bonchev–Trinajstić information content (AvgIpc) is 3.81. The lowest BCUT2D eigenvalue weighted by atomic mass is 10.0. The fourth-order valence-electron chi connectivity index (χ4n) is 8.91. The molecule has 0 radical (unpaired) electrons. The summed E-state index contributed by atoms with van der Waals surface area (Å²) in [6.45, 7) is 8.57. The summed E-state index contributed by atoms with van der Waals surface area (Å²) in [6, 6.07) is 60.5. The fourth-order valence-corrected chi connectivity index (χ4v) is 8.91. The molecule has 60 heavy (non-hydrogen) atoms. The first-order valence-corrected chi connectivity index (χ1v) is 20.3. The van der Waals surface area contributed by atoms with E-state index in [0.717, 1.165) is 88.4 Å². The normalized spacial score (nSPS) is 11.7. The smallest absolute Gasteiger partial charge is 0.157 e. The summed E-state index contributed by atoms with van der Waals surface area (Å²) in [4.78, 5) is 4.62. The topological polar surface area (TPSA) is 56.6 Å². The van der Waals surface area contributed by atoms with E-state index in [2.05, 4.69) is 195 Å². The number of fused-ring (bicyclic) bond motifs is 8. The third-order valence-corrected chi connectivity index (χ3v) is 11.9. The maximum atomic E-state index is 10.7. The molecule has 9 aromatic carbocycles. The van der Waals surface area contributed by atoms with E-state index >= 15 is 0 Å². The Morgan fingerprint density at radius 3 is 1.28 bits per heavy atom. The van der Waals surface area contributed by atoms with Gasteiger partial charge in [-0.1, -0.05) is 72.8 Å². The Morgan fingerprint density at radius 1 is 0.400 bits per heavy atom. The van der Waals surface area contributed by atoms with Crippen molar-refractivity contribution in [3.8, 4) is 6.07 Å². The van der Waals surface area contributed by atoms with E-state index in [1.807, 2.05) is 12.1 Å². The Labute approximate surface area is 347 Å². The largest absolute Gasteiger partial charge is 0.454 e. The van der Waals surface area contributed by atoms with Gasteiger partial charge in [0.2, 0.25) is 0 Å². The zero-order valence-electron chi connectivity index (χ0n) is 33.7. The number of benzene rings is 9. The predicted molar refractivity (Wildman–Crippen MR) is 249 cm³/mol. The second-order valence-corrected chi connectivity index (χ2v) is 16.0. The molecule has 0 N–H and O–H groups in total. The van der Waals surface area contributed by atoms with Crippen LogP contribution in [-0.4, -0.2) is 0 Å². The van der Waals surface area contributed by atoms with Gasteiger partial charge in [0, 0.05) is 55.7 Å². The average molecular weight is 774 g/mol. The van der Waals surface area contributed by atoms with Crippen molar-refractivity contribution in [2.75, 3.05) is 9.80 Å². The SMILES string of the molecule is Cc1ccc(C)c(N(c2ccccc2)c2ccc3cc4c(cc3c2)oc2c(C#N)c3oc5cc6cc(N(c7ccccc7)c7cc(C)ccc7C)ccc6cc5c3cc24)c1. The molecule has 11 rings (SSSR count). The van der Waals surface area contributed by atoms with Crippen molar-refractivity contribution in [1.82, 2.24) is 0 Å². The van der Waals surface area contributed by atoms with Gasteiger partial charge >= 0.3 is 0 Å². The van der Waals surface area contributed by atoms with E-state index < -0.39 is 0 Å². The molecule has 0 spiro atoms. The van der Waals surface area contributed by atoms with Crippen LogP contribution in [0, 0.1) is 39.0 Å². The van der Waals surface area contributed by atoms with Crippen LogP contribution in [-0.2, 0) is 0 Å². The van der Waals surface area contributed by atoms with E-state index in [9.17, 15) is 5.26 Å². The van der Waals surface area contributed by atoms with E-state index in [1.165, 1.54) is 22.3 Å². The number of rotatable bonds is 6. The van der Waals surface area contributed by atoms with E-state index in [4.69, 9.17) is 8.83 Å². The van der Waals surface area contributed by atoms with Crippen molar-refractivity contribution in [1.29, 1.82) is 5.26 Å². The molecule has 0 aliphatic carbocycles. The van der Waals surface area contributed by atoms with Gasteiger partial charge in [0.1, 0.15) is 22.8 Å². The molecule has 0 unspecified atom stereocenters. The highest BCUT2D eigenvalue weighted by Gasteiger charge is 2.22. The monoisotopic (exact) mass is 773 g/mol. The highest BCUT2D eigenvalue weighted by atomic mass is 16.3. The maximum absolute atomic E-state index is 10.7. The summed E-state index contributed by atoms with van der Waals surface area (Å²) in [5.41, 5.74) is 14.3. The lowest BCUT2D eigenvalue weighted by Gasteiger charge is -2.27. The number of anilines is 6. The Hall–Kier alpha value is -7.81. The summed E-state index contributed by atoms with van der Waals surface area (Å²) < 4.78 is 13.2. The number of hydrogen-bond donors (Lipinski definition) is 0. The van der Waals surface area contributed by atoms with Gasteiger partial charge in [-0.2, -0.15) is 5.26 Å². The van der Waals surface area contributed by atoms with Crippen LogP contribution in [0.5, 0.6) is 0 Å². The second-order valence-electron chi connectivity index (χ2n) is 16.0. The zero-order chi connectivity index (χ0) is 40.6. The first kappa shape index (κ1) is 35.4. The number of aryl methyl sites for hydroxylation is 4. The fraction of sp³-hybridized carbons (Fsp3) is 0.0727. The van der Waals surface area contributed by atoms with Crippen molar-refractivity contribution in [3.63, 3.8) is 0 Å². The molecule has 2 aromatic heterocycles. The van der Waals surface area contributed by atoms with E-state index in [-0.39, 0.29) is 0 Å². The van der Waals surface area contributed by atoms with E-state index in [1.54, 1.807) is 0 Å². The molecule has 0 atom stereocenters. The third kappa shape index (κ3) is 5.68. The number of nitriles is 1. The first-order chi connectivity index (χ1) is 29.3. The lowest BCUT2D eigenvalue weighted by Crippen LogP contribution is -2.11. The van der Waals surface area contributed by atoms with Gasteiger partial charge in [-0.15, -0.1) is 0 Å².